The molecule has 0 aliphatic heterocycles. The van der Waals surface area contributed by atoms with Gasteiger partial charge in [0.2, 0.25) is 6.08 Å². The molecular formula is C9H18N2O2Si. The van der Waals surface area contributed by atoms with Crippen LogP contribution in [0.1, 0.15) is 13.3 Å². The van der Waals surface area contributed by atoms with Crippen molar-refractivity contribution in [2.45, 2.75) is 19.9 Å². The fourth-order valence-electron chi connectivity index (χ4n) is 0.717. The van der Waals surface area contributed by atoms with Crippen LogP contribution in [0.25, 0.3) is 0 Å². The molecule has 4 nitrogen and oxygen atoms in total. The highest BCUT2D eigenvalue weighted by atomic mass is 28.2. The summed E-state index contributed by atoms with van der Waals surface area (Å²) in [5, 5.41) is 8.62. The Kier molecular flexibility index (Phi) is 13.2. The van der Waals surface area contributed by atoms with E-state index in [-0.39, 0.29) is 15.3 Å². The fraction of sp³-hybridized carbons (Fsp3) is 0.556. The van der Waals surface area contributed by atoms with Crippen LogP contribution in [-0.4, -0.2) is 34.1 Å². The van der Waals surface area contributed by atoms with E-state index in [4.69, 9.17) is 10.2 Å². The summed E-state index contributed by atoms with van der Waals surface area (Å²) in [7, 11) is 0.105. The minimum absolute atomic E-state index is 0.105. The largest absolute Gasteiger partial charge is 0.320 e. The van der Waals surface area contributed by atoms with Gasteiger partial charge in [-0.25, -0.2) is 10.2 Å². The van der Waals surface area contributed by atoms with Crippen molar-refractivity contribution < 1.29 is 9.59 Å². The van der Waals surface area contributed by atoms with Crippen LogP contribution in [0.5, 0.6) is 0 Å². The van der Waals surface area contributed by atoms with Gasteiger partial charge >= 0.3 is 0 Å². The molecule has 0 bridgehead atoms. The Bertz CT molecular complexity index is 211. The van der Waals surface area contributed by atoms with Gasteiger partial charge in [0, 0.05) is 22.5 Å². The number of rotatable bonds is 6. The van der Waals surface area contributed by atoms with Gasteiger partial charge in [0.15, 0.2) is 5.78 Å². The van der Waals surface area contributed by atoms with Gasteiger partial charge in [-0.05, 0) is 18.7 Å². The number of isocyanates is 1. The molecule has 0 saturated carbocycles. The molecule has 0 aromatic carbocycles. The van der Waals surface area contributed by atoms with Gasteiger partial charge in [0.1, 0.15) is 0 Å². The molecule has 0 atom stereocenters. The van der Waals surface area contributed by atoms with Gasteiger partial charge in [0.05, 0.1) is 0 Å². The second kappa shape index (κ2) is 12.0. The van der Waals surface area contributed by atoms with Crippen molar-refractivity contribution in [3.05, 3.63) is 12.2 Å². The van der Waals surface area contributed by atoms with Crippen LogP contribution in [0.3, 0.4) is 0 Å². The minimum Gasteiger partial charge on any atom is -0.320 e. The number of hydrogen-bond donors (Lipinski definition) is 2. The van der Waals surface area contributed by atoms with Gasteiger partial charge in [-0.3, -0.25) is 4.79 Å². The zero-order valence-electron chi connectivity index (χ0n) is 8.85. The van der Waals surface area contributed by atoms with E-state index in [0.717, 1.165) is 18.8 Å². The standard InChI is InChI=1S/C8H17NOSi.CHNO/c1-7(2)8(10)4-5-9-6-11-3;2-1-3/h9H,1,4-6,11H2,2-3H3;2H. The molecule has 2 N–H and O–H groups in total. The monoisotopic (exact) mass is 214 g/mol. The minimum atomic E-state index is 0.105. The Balaban J connectivity index is 0. The molecule has 0 heterocycles. The van der Waals surface area contributed by atoms with E-state index >= 15 is 0 Å². The first-order chi connectivity index (χ1) is 6.59. The first-order valence-corrected chi connectivity index (χ1v) is 6.94. The van der Waals surface area contributed by atoms with Gasteiger partial charge in [-0.2, -0.15) is 0 Å². The second-order valence-corrected chi connectivity index (χ2v) is 4.31. The molecule has 0 unspecified atom stereocenters. The van der Waals surface area contributed by atoms with Crippen LogP contribution in [0.2, 0.25) is 6.55 Å². The van der Waals surface area contributed by atoms with Crippen LogP contribution >= 0.6 is 0 Å². The lowest BCUT2D eigenvalue weighted by molar-refractivity contribution is -0.115. The predicted molar refractivity (Wildman–Crippen MR) is 60.1 cm³/mol. The summed E-state index contributed by atoms with van der Waals surface area (Å²) in [6.07, 6.45) is 2.48. The lowest BCUT2D eigenvalue weighted by atomic mass is 10.2. The SMILES string of the molecule is C=C(C)C(=O)CCNC[SiH2]C.N=C=O. The Morgan fingerprint density at radius 1 is 1.64 bits per heavy atom. The lowest BCUT2D eigenvalue weighted by Gasteiger charge is -2.00. The van der Waals surface area contributed by atoms with E-state index in [0.29, 0.717) is 12.0 Å². The quantitative estimate of drug-likeness (QED) is 0.218. The predicted octanol–water partition coefficient (Wildman–Crippen LogP) is 0.187. The molecule has 0 rings (SSSR count). The van der Waals surface area contributed by atoms with Crippen molar-refractivity contribution in [2.75, 3.05) is 12.7 Å². The zero-order chi connectivity index (χ0) is 11.4. The highest BCUT2D eigenvalue weighted by Gasteiger charge is 1.99. The molecular weight excluding hydrogens is 196 g/mol. The average molecular weight is 214 g/mol. The molecule has 0 spiro atoms. The maximum absolute atomic E-state index is 11.0. The third-order valence-electron chi connectivity index (χ3n) is 1.43. The molecule has 0 aliphatic carbocycles. The molecule has 14 heavy (non-hydrogen) atoms. The van der Waals surface area contributed by atoms with Crippen molar-refractivity contribution in [1.82, 2.24) is 5.32 Å². The van der Waals surface area contributed by atoms with Crippen LogP contribution < -0.4 is 5.32 Å². The normalized spacial score (nSPS) is 9.00. The summed E-state index contributed by atoms with van der Waals surface area (Å²) in [6, 6.07) is 0. The smallest absolute Gasteiger partial charge is 0.231 e. The van der Waals surface area contributed by atoms with E-state index in [2.05, 4.69) is 18.4 Å². The van der Waals surface area contributed by atoms with Crippen LogP contribution in [-0.2, 0) is 9.59 Å². The third-order valence-corrected chi connectivity index (χ3v) is 2.29. The number of nitrogens with one attached hydrogen (secondary N) is 2. The summed E-state index contributed by atoms with van der Waals surface area (Å²) >= 11 is 0. The lowest BCUT2D eigenvalue weighted by Crippen LogP contribution is -2.22. The molecule has 5 heteroatoms. The Morgan fingerprint density at radius 3 is 2.50 bits per heavy atom. The number of Topliss-reactive ketones (excluding diaryl/α,β-unsaturated/α-hetero) is 1. The van der Waals surface area contributed by atoms with Gasteiger partial charge in [-0.1, -0.05) is 13.1 Å². The number of carbonyl (C=O) groups excluding carboxylic acids is 2. The molecule has 0 fully saturated rings. The number of ketones is 1. The first-order valence-electron chi connectivity index (χ1n) is 4.53. The zero-order valence-corrected chi connectivity index (χ0v) is 10.3. The van der Waals surface area contributed by atoms with Gasteiger partial charge in [0.25, 0.3) is 0 Å². The van der Waals surface area contributed by atoms with Crippen molar-refractivity contribution in [1.29, 1.82) is 5.41 Å². The van der Waals surface area contributed by atoms with Crippen molar-refractivity contribution in [2.24, 2.45) is 0 Å². The van der Waals surface area contributed by atoms with Crippen LogP contribution in [0.15, 0.2) is 12.2 Å². The van der Waals surface area contributed by atoms with E-state index in [1.54, 1.807) is 6.92 Å². The van der Waals surface area contributed by atoms with E-state index in [1.807, 2.05) is 0 Å². The molecule has 0 saturated heterocycles. The molecule has 0 amide bonds. The summed E-state index contributed by atoms with van der Waals surface area (Å²) in [5.41, 5.74) is 0.667. The number of carbonyl (C=O) groups is 1. The highest BCUT2D eigenvalue weighted by Crippen LogP contribution is 1.92. The molecule has 0 aliphatic rings. The van der Waals surface area contributed by atoms with Gasteiger partial charge < -0.3 is 5.32 Å². The Labute approximate surface area is 87.1 Å². The molecule has 0 aromatic heterocycles. The summed E-state index contributed by atoms with van der Waals surface area (Å²) in [4.78, 5) is 19.3. The molecule has 0 radical (unpaired) electrons. The maximum atomic E-state index is 11.0. The fourth-order valence-corrected chi connectivity index (χ4v) is 1.32. The van der Waals surface area contributed by atoms with E-state index in [9.17, 15) is 4.79 Å². The van der Waals surface area contributed by atoms with Gasteiger partial charge in [-0.15, -0.1) is 0 Å². The first kappa shape index (κ1) is 15.4. The van der Waals surface area contributed by atoms with Crippen molar-refractivity contribution in [3.63, 3.8) is 0 Å². The number of hydrogen-bond acceptors (Lipinski definition) is 4. The number of allylic oxidation sites excluding steroid dienone is 1. The van der Waals surface area contributed by atoms with E-state index < -0.39 is 0 Å². The molecule has 0 aromatic rings. The highest BCUT2D eigenvalue weighted by molar-refractivity contribution is 6.33. The topological polar surface area (TPSA) is 70.0 Å². The second-order valence-electron chi connectivity index (χ2n) is 2.81. The summed E-state index contributed by atoms with van der Waals surface area (Å²) < 4.78 is 0. The van der Waals surface area contributed by atoms with Crippen molar-refractivity contribution in [3.8, 4) is 0 Å². The van der Waals surface area contributed by atoms with Crippen LogP contribution in [0.4, 0.5) is 0 Å². The average Bonchev–Trinajstić information content (AvgIpc) is 2.13. The summed E-state index contributed by atoms with van der Waals surface area (Å²) in [6.45, 7) is 8.40. The van der Waals surface area contributed by atoms with Crippen LogP contribution in [0, 0.1) is 5.41 Å². The third kappa shape index (κ3) is 13.5. The Hall–Kier alpha value is -1.03. The summed E-state index contributed by atoms with van der Waals surface area (Å²) in [5.74, 6) is 0.176. The van der Waals surface area contributed by atoms with E-state index in [1.165, 1.54) is 0 Å². The maximum Gasteiger partial charge on any atom is 0.231 e. The Morgan fingerprint density at radius 2 is 2.14 bits per heavy atom. The molecule has 80 valence electrons. The van der Waals surface area contributed by atoms with Crippen molar-refractivity contribution >= 4 is 21.4 Å².